The number of aromatic nitrogens is 2. The molecule has 0 bridgehead atoms. The molecule has 0 saturated carbocycles. The molecule has 0 spiro atoms. The third kappa shape index (κ3) is 2.62. The quantitative estimate of drug-likeness (QED) is 0.778. The Kier molecular flexibility index (Phi) is 3.83. The number of likely N-dealkylation sites (tertiary alicyclic amines) is 1. The molecule has 0 aliphatic carbocycles. The van der Waals surface area contributed by atoms with Crippen molar-refractivity contribution in [1.29, 1.82) is 0 Å². The number of nitrogens with zero attached hydrogens (tertiary/aromatic N) is 3. The summed E-state index contributed by atoms with van der Waals surface area (Å²) in [6.45, 7) is 4.07. The summed E-state index contributed by atoms with van der Waals surface area (Å²) in [4.78, 5) is 6.54. The summed E-state index contributed by atoms with van der Waals surface area (Å²) in [5.74, 6) is 0. The van der Waals surface area contributed by atoms with Crippen LogP contribution in [0.4, 0.5) is 0 Å². The summed E-state index contributed by atoms with van der Waals surface area (Å²) in [5.41, 5.74) is 1.55. The predicted molar refractivity (Wildman–Crippen MR) is 86.9 cm³/mol. The molecule has 114 valence electrons. The molecule has 0 radical (unpaired) electrons. The Bertz CT molecular complexity index is 785. The van der Waals surface area contributed by atoms with Crippen LogP contribution in [0.5, 0.6) is 0 Å². The number of hydrogen-bond acceptors (Lipinski definition) is 4. The second-order valence-corrected chi connectivity index (χ2v) is 8.09. The van der Waals surface area contributed by atoms with Gasteiger partial charge in [0.2, 0.25) is 10.0 Å². The normalized spacial score (nSPS) is 20.4. The van der Waals surface area contributed by atoms with Crippen LogP contribution >= 0.6 is 15.9 Å². The van der Waals surface area contributed by atoms with E-state index in [2.05, 4.69) is 32.7 Å². The van der Waals surface area contributed by atoms with Gasteiger partial charge in [-0.05, 0) is 54.0 Å². The van der Waals surface area contributed by atoms with E-state index in [9.17, 15) is 8.42 Å². The van der Waals surface area contributed by atoms with Gasteiger partial charge in [0.05, 0.1) is 23.5 Å². The maximum Gasteiger partial charge on any atom is 0.236 e. The summed E-state index contributed by atoms with van der Waals surface area (Å²) in [5, 5.41) is 0.863. The van der Waals surface area contributed by atoms with Crippen LogP contribution in [0.25, 0.3) is 10.9 Å². The summed E-state index contributed by atoms with van der Waals surface area (Å²) in [6, 6.07) is 3.90. The maximum absolute atomic E-state index is 12.3. The van der Waals surface area contributed by atoms with E-state index in [0.717, 1.165) is 37.0 Å². The summed E-state index contributed by atoms with van der Waals surface area (Å²) >= 11 is 3.32. The highest BCUT2D eigenvalue weighted by Gasteiger charge is 2.30. The van der Waals surface area contributed by atoms with Gasteiger partial charge in [-0.2, -0.15) is 0 Å². The highest BCUT2D eigenvalue weighted by molar-refractivity contribution is 9.10. The van der Waals surface area contributed by atoms with Crippen molar-refractivity contribution in [2.24, 2.45) is 0 Å². The van der Waals surface area contributed by atoms with Crippen LogP contribution in [0, 0.1) is 0 Å². The molecule has 21 heavy (non-hydrogen) atoms. The molecule has 1 fully saturated rings. The van der Waals surface area contributed by atoms with Crippen molar-refractivity contribution in [3.05, 3.63) is 28.6 Å². The van der Waals surface area contributed by atoms with Crippen LogP contribution in [0.1, 0.15) is 31.5 Å². The molecule has 0 unspecified atom stereocenters. The van der Waals surface area contributed by atoms with E-state index in [1.54, 1.807) is 12.3 Å². The lowest BCUT2D eigenvalue weighted by Gasteiger charge is -2.23. The van der Waals surface area contributed by atoms with Gasteiger partial charge in [0.15, 0.2) is 0 Å². The van der Waals surface area contributed by atoms with E-state index < -0.39 is 10.0 Å². The lowest BCUT2D eigenvalue weighted by atomic mass is 10.1. The third-order valence-corrected chi connectivity index (χ3v) is 5.58. The van der Waals surface area contributed by atoms with E-state index in [1.807, 2.05) is 6.07 Å². The number of halogens is 1. The molecule has 3 rings (SSSR count). The zero-order chi connectivity index (χ0) is 15.2. The van der Waals surface area contributed by atoms with E-state index >= 15 is 0 Å². The Morgan fingerprint density at radius 2 is 2.19 bits per heavy atom. The second-order valence-electron chi connectivity index (χ2n) is 5.45. The van der Waals surface area contributed by atoms with E-state index in [-0.39, 0.29) is 6.04 Å². The first-order valence-electron chi connectivity index (χ1n) is 7.03. The van der Waals surface area contributed by atoms with Gasteiger partial charge in [0.25, 0.3) is 0 Å². The SMILES string of the molecule is CCN1CCC[C@@H]1c1cc2cnc(Br)cc2n1S(C)(=O)=O. The van der Waals surface area contributed by atoms with Gasteiger partial charge >= 0.3 is 0 Å². The summed E-state index contributed by atoms with van der Waals surface area (Å²) < 4.78 is 26.7. The predicted octanol–water partition coefficient (Wildman–Crippen LogP) is 2.76. The molecule has 1 saturated heterocycles. The largest absolute Gasteiger partial charge is 0.295 e. The first-order chi connectivity index (χ1) is 9.91. The van der Waals surface area contributed by atoms with Gasteiger partial charge in [0, 0.05) is 11.6 Å². The van der Waals surface area contributed by atoms with Gasteiger partial charge in [0.1, 0.15) is 4.60 Å². The minimum absolute atomic E-state index is 0.163. The highest BCUT2D eigenvalue weighted by atomic mass is 79.9. The number of fused-ring (bicyclic) bond motifs is 1. The van der Waals surface area contributed by atoms with Crippen molar-refractivity contribution in [1.82, 2.24) is 13.9 Å². The number of hydrogen-bond donors (Lipinski definition) is 0. The Morgan fingerprint density at radius 1 is 1.43 bits per heavy atom. The Morgan fingerprint density at radius 3 is 2.86 bits per heavy atom. The van der Waals surface area contributed by atoms with Crippen LogP contribution < -0.4 is 0 Å². The van der Waals surface area contributed by atoms with Gasteiger partial charge in [-0.15, -0.1) is 0 Å². The lowest BCUT2D eigenvalue weighted by Crippen LogP contribution is -2.26. The molecule has 1 aliphatic rings. The van der Waals surface area contributed by atoms with Crippen molar-refractivity contribution in [2.75, 3.05) is 19.3 Å². The molecule has 2 aromatic heterocycles. The zero-order valence-corrected chi connectivity index (χ0v) is 14.5. The van der Waals surface area contributed by atoms with Crippen molar-refractivity contribution < 1.29 is 8.42 Å². The zero-order valence-electron chi connectivity index (χ0n) is 12.1. The summed E-state index contributed by atoms with van der Waals surface area (Å²) in [6.07, 6.45) is 5.07. The van der Waals surface area contributed by atoms with Crippen LogP contribution in [0.15, 0.2) is 22.9 Å². The van der Waals surface area contributed by atoms with Gasteiger partial charge in [-0.1, -0.05) is 6.92 Å². The van der Waals surface area contributed by atoms with Crippen molar-refractivity contribution >= 4 is 36.9 Å². The van der Waals surface area contributed by atoms with Gasteiger partial charge in [-0.25, -0.2) is 17.4 Å². The fraction of sp³-hybridized carbons (Fsp3) is 0.500. The molecule has 0 aromatic carbocycles. The third-order valence-electron chi connectivity index (χ3n) is 4.08. The molecule has 2 aromatic rings. The van der Waals surface area contributed by atoms with Crippen molar-refractivity contribution in [2.45, 2.75) is 25.8 Å². The van der Waals surface area contributed by atoms with Crippen molar-refractivity contribution in [3.63, 3.8) is 0 Å². The van der Waals surface area contributed by atoms with Gasteiger partial charge in [-0.3, -0.25) is 4.90 Å². The molecular weight excluding hydrogens is 354 g/mol. The molecule has 7 heteroatoms. The Balaban J connectivity index is 2.27. The van der Waals surface area contributed by atoms with Gasteiger partial charge < -0.3 is 0 Å². The van der Waals surface area contributed by atoms with E-state index in [4.69, 9.17) is 0 Å². The monoisotopic (exact) mass is 371 g/mol. The molecule has 0 amide bonds. The summed E-state index contributed by atoms with van der Waals surface area (Å²) in [7, 11) is -3.36. The fourth-order valence-electron chi connectivity index (χ4n) is 3.22. The van der Waals surface area contributed by atoms with E-state index in [0.29, 0.717) is 10.1 Å². The molecule has 1 atom stereocenters. The van der Waals surface area contributed by atoms with Crippen LogP contribution in [-0.4, -0.2) is 41.6 Å². The number of rotatable bonds is 3. The maximum atomic E-state index is 12.3. The van der Waals surface area contributed by atoms with Crippen molar-refractivity contribution in [3.8, 4) is 0 Å². The second kappa shape index (κ2) is 5.37. The molecule has 3 heterocycles. The van der Waals surface area contributed by atoms with E-state index in [1.165, 1.54) is 10.2 Å². The lowest BCUT2D eigenvalue weighted by molar-refractivity contribution is 0.266. The fourth-order valence-corrected chi connectivity index (χ4v) is 4.61. The van der Waals surface area contributed by atoms with Crippen LogP contribution in [0.2, 0.25) is 0 Å². The molecular formula is C14H18BrN3O2S. The average Bonchev–Trinajstić information content (AvgIpc) is 2.99. The number of pyridine rings is 1. The van der Waals surface area contributed by atoms with Crippen LogP contribution in [0.3, 0.4) is 0 Å². The first-order valence-corrected chi connectivity index (χ1v) is 9.67. The highest BCUT2D eigenvalue weighted by Crippen LogP contribution is 2.36. The standard InChI is InChI=1S/C14H18BrN3O2S/c1-3-17-6-4-5-11(17)13-7-10-9-16-14(15)8-12(10)18(13)21(2,19)20/h7-9,11H,3-6H2,1-2H3/t11-/m1/s1. The minimum atomic E-state index is -3.36. The molecule has 1 aliphatic heterocycles. The first kappa shape index (κ1) is 15.0. The van der Waals surface area contributed by atoms with Crippen LogP contribution in [-0.2, 0) is 10.0 Å². The average molecular weight is 372 g/mol. The Labute approximate surface area is 133 Å². The molecule has 5 nitrogen and oxygen atoms in total. The molecule has 0 N–H and O–H groups in total. The topological polar surface area (TPSA) is 55.2 Å². The minimum Gasteiger partial charge on any atom is -0.295 e. The Hall–Kier alpha value is -0.920. The smallest absolute Gasteiger partial charge is 0.236 e.